The van der Waals surface area contributed by atoms with Gasteiger partial charge in [-0.3, -0.25) is 10.00 Å². The predicted octanol–water partition coefficient (Wildman–Crippen LogP) is 2.95. The molecule has 2 heterocycles. The Bertz CT molecular complexity index is 593. The Morgan fingerprint density at radius 3 is 2.82 bits per heavy atom. The quantitative estimate of drug-likeness (QED) is 0.943. The summed E-state index contributed by atoms with van der Waals surface area (Å²) < 4.78 is 5.19. The van der Waals surface area contributed by atoms with Gasteiger partial charge in [-0.2, -0.15) is 5.10 Å². The first-order valence-electron chi connectivity index (χ1n) is 8.00. The molecule has 1 N–H and O–H groups in total. The highest BCUT2D eigenvalue weighted by Crippen LogP contribution is 2.26. The maximum atomic E-state index is 5.19. The lowest BCUT2D eigenvalue weighted by Crippen LogP contribution is -2.24. The van der Waals surface area contributed by atoms with Crippen LogP contribution in [0.15, 0.2) is 24.3 Å². The summed E-state index contributed by atoms with van der Waals surface area (Å²) in [5, 5.41) is 7.56. The SMILES string of the molecule is COc1ccc(Cc2nc([C@@H]3CCCCCN3C)n[nH]2)cc1. The number of nitrogens with zero attached hydrogens (tertiary/aromatic N) is 3. The molecule has 5 heteroatoms. The molecule has 1 aliphatic rings. The van der Waals surface area contributed by atoms with Crippen molar-refractivity contribution in [3.63, 3.8) is 0 Å². The lowest BCUT2D eigenvalue weighted by atomic mass is 10.1. The minimum atomic E-state index is 0.350. The van der Waals surface area contributed by atoms with E-state index in [1.807, 2.05) is 12.1 Å². The van der Waals surface area contributed by atoms with Gasteiger partial charge in [-0.05, 0) is 44.1 Å². The molecule has 1 fully saturated rings. The number of ether oxygens (including phenoxy) is 1. The maximum absolute atomic E-state index is 5.19. The Morgan fingerprint density at radius 2 is 2.05 bits per heavy atom. The zero-order valence-electron chi connectivity index (χ0n) is 13.4. The van der Waals surface area contributed by atoms with Crippen LogP contribution in [-0.2, 0) is 6.42 Å². The second kappa shape index (κ2) is 6.92. The molecule has 1 saturated heterocycles. The summed E-state index contributed by atoms with van der Waals surface area (Å²) >= 11 is 0. The molecule has 0 bridgehead atoms. The molecule has 3 rings (SSSR count). The van der Waals surface area contributed by atoms with Crippen LogP contribution in [0.25, 0.3) is 0 Å². The van der Waals surface area contributed by atoms with Crippen molar-refractivity contribution in [3.8, 4) is 5.75 Å². The molecule has 1 aliphatic heterocycles. The van der Waals surface area contributed by atoms with Gasteiger partial charge < -0.3 is 4.74 Å². The van der Waals surface area contributed by atoms with E-state index in [4.69, 9.17) is 9.72 Å². The lowest BCUT2D eigenvalue weighted by molar-refractivity contribution is 0.241. The minimum Gasteiger partial charge on any atom is -0.497 e. The average Bonchev–Trinajstić information content (AvgIpc) is 2.88. The molecule has 0 spiro atoms. The lowest BCUT2D eigenvalue weighted by Gasteiger charge is -2.22. The highest BCUT2D eigenvalue weighted by atomic mass is 16.5. The van der Waals surface area contributed by atoms with E-state index in [-0.39, 0.29) is 0 Å². The van der Waals surface area contributed by atoms with Crippen molar-refractivity contribution < 1.29 is 4.74 Å². The first-order valence-corrected chi connectivity index (χ1v) is 8.00. The van der Waals surface area contributed by atoms with Crippen LogP contribution in [0.4, 0.5) is 0 Å². The molecule has 0 aliphatic carbocycles. The van der Waals surface area contributed by atoms with Gasteiger partial charge in [-0.25, -0.2) is 4.98 Å². The van der Waals surface area contributed by atoms with Gasteiger partial charge in [0.15, 0.2) is 5.82 Å². The Labute approximate surface area is 131 Å². The molecule has 5 nitrogen and oxygen atoms in total. The van der Waals surface area contributed by atoms with Gasteiger partial charge in [-0.1, -0.05) is 25.0 Å². The maximum Gasteiger partial charge on any atom is 0.167 e. The van der Waals surface area contributed by atoms with Gasteiger partial charge in [0.2, 0.25) is 0 Å². The third-order valence-electron chi connectivity index (χ3n) is 4.40. The first-order chi connectivity index (χ1) is 10.8. The molecule has 0 amide bonds. The fourth-order valence-corrected chi connectivity index (χ4v) is 3.05. The van der Waals surface area contributed by atoms with Crippen molar-refractivity contribution in [2.75, 3.05) is 20.7 Å². The molecule has 1 atom stereocenters. The Kier molecular flexibility index (Phi) is 4.73. The third-order valence-corrected chi connectivity index (χ3v) is 4.40. The highest BCUT2D eigenvalue weighted by molar-refractivity contribution is 5.28. The van der Waals surface area contributed by atoms with Gasteiger partial charge in [0.25, 0.3) is 0 Å². The minimum absolute atomic E-state index is 0.350. The normalized spacial score (nSPS) is 19.8. The summed E-state index contributed by atoms with van der Waals surface area (Å²) in [7, 11) is 3.86. The van der Waals surface area contributed by atoms with E-state index in [2.05, 4.69) is 34.3 Å². The number of hydrogen-bond acceptors (Lipinski definition) is 4. The molecular weight excluding hydrogens is 276 g/mol. The monoisotopic (exact) mass is 300 g/mol. The Balaban J connectivity index is 1.69. The molecule has 1 aromatic carbocycles. The summed E-state index contributed by atoms with van der Waals surface area (Å²) in [4.78, 5) is 7.11. The number of benzene rings is 1. The van der Waals surface area contributed by atoms with Gasteiger partial charge in [0, 0.05) is 6.42 Å². The van der Waals surface area contributed by atoms with Gasteiger partial charge in [0.05, 0.1) is 13.2 Å². The largest absolute Gasteiger partial charge is 0.497 e. The number of aromatic amines is 1. The number of aromatic nitrogens is 3. The summed E-state index contributed by atoms with van der Waals surface area (Å²) in [6.45, 7) is 1.13. The van der Waals surface area contributed by atoms with E-state index in [0.29, 0.717) is 6.04 Å². The van der Waals surface area contributed by atoms with Crippen LogP contribution in [0.5, 0.6) is 5.75 Å². The van der Waals surface area contributed by atoms with Crippen LogP contribution >= 0.6 is 0 Å². The third kappa shape index (κ3) is 3.47. The van der Waals surface area contributed by atoms with E-state index in [1.54, 1.807) is 7.11 Å². The number of hydrogen-bond donors (Lipinski definition) is 1. The molecule has 0 saturated carbocycles. The highest BCUT2D eigenvalue weighted by Gasteiger charge is 2.23. The molecular formula is C17H24N4O. The zero-order valence-corrected chi connectivity index (χ0v) is 13.4. The number of rotatable bonds is 4. The smallest absolute Gasteiger partial charge is 0.167 e. The molecule has 0 unspecified atom stereocenters. The summed E-state index contributed by atoms with van der Waals surface area (Å²) in [5.74, 6) is 2.74. The summed E-state index contributed by atoms with van der Waals surface area (Å²) in [6.07, 6.45) is 5.77. The molecule has 22 heavy (non-hydrogen) atoms. The number of H-pyrrole nitrogens is 1. The number of likely N-dealkylation sites (tertiary alicyclic amines) is 1. The van der Waals surface area contributed by atoms with Gasteiger partial charge in [-0.15, -0.1) is 0 Å². The van der Waals surface area contributed by atoms with Crippen LogP contribution in [0, 0.1) is 0 Å². The van der Waals surface area contributed by atoms with Crippen molar-refractivity contribution in [1.29, 1.82) is 0 Å². The standard InChI is InChI=1S/C17H24N4O/c1-21-11-5-3-4-6-15(21)17-18-16(19-20-17)12-13-7-9-14(22-2)10-8-13/h7-10,15H,3-6,11-12H2,1-2H3,(H,18,19,20)/t15-/m0/s1. The number of nitrogens with one attached hydrogen (secondary N) is 1. The fraction of sp³-hybridized carbons (Fsp3) is 0.529. The molecule has 0 radical (unpaired) electrons. The van der Waals surface area contributed by atoms with E-state index in [9.17, 15) is 0 Å². The van der Waals surface area contributed by atoms with Crippen molar-refractivity contribution >= 4 is 0 Å². The molecule has 1 aromatic heterocycles. The van der Waals surface area contributed by atoms with Gasteiger partial charge in [0.1, 0.15) is 11.6 Å². The molecule has 2 aromatic rings. The Morgan fingerprint density at radius 1 is 1.23 bits per heavy atom. The number of methoxy groups -OCH3 is 1. The van der Waals surface area contributed by atoms with Crippen LogP contribution in [0.2, 0.25) is 0 Å². The topological polar surface area (TPSA) is 54.0 Å². The van der Waals surface area contributed by atoms with Crippen LogP contribution in [0.1, 0.15) is 48.9 Å². The van der Waals surface area contributed by atoms with Crippen LogP contribution < -0.4 is 4.74 Å². The van der Waals surface area contributed by atoms with E-state index >= 15 is 0 Å². The summed E-state index contributed by atoms with van der Waals surface area (Å²) in [5.41, 5.74) is 1.21. The van der Waals surface area contributed by atoms with E-state index in [1.165, 1.54) is 24.8 Å². The van der Waals surface area contributed by atoms with Crippen LogP contribution in [-0.4, -0.2) is 40.8 Å². The second-order valence-corrected chi connectivity index (χ2v) is 6.01. The average molecular weight is 300 g/mol. The van der Waals surface area contributed by atoms with Crippen molar-refractivity contribution in [2.45, 2.75) is 38.1 Å². The zero-order chi connectivity index (χ0) is 15.4. The van der Waals surface area contributed by atoms with Crippen molar-refractivity contribution in [3.05, 3.63) is 41.5 Å². The van der Waals surface area contributed by atoms with Gasteiger partial charge >= 0.3 is 0 Å². The fourth-order valence-electron chi connectivity index (χ4n) is 3.05. The van der Waals surface area contributed by atoms with Crippen LogP contribution in [0.3, 0.4) is 0 Å². The van der Waals surface area contributed by atoms with Crippen molar-refractivity contribution in [1.82, 2.24) is 20.1 Å². The van der Waals surface area contributed by atoms with E-state index in [0.717, 1.165) is 36.8 Å². The predicted molar refractivity (Wildman–Crippen MR) is 86.0 cm³/mol. The summed E-state index contributed by atoms with van der Waals surface area (Å²) in [6, 6.07) is 8.44. The molecule has 118 valence electrons. The van der Waals surface area contributed by atoms with Crippen molar-refractivity contribution in [2.24, 2.45) is 0 Å². The first kappa shape index (κ1) is 15.0. The Hall–Kier alpha value is -1.88. The second-order valence-electron chi connectivity index (χ2n) is 6.01. The van der Waals surface area contributed by atoms with E-state index < -0.39 is 0 Å².